The molecule has 1 atom stereocenters. The Bertz CT molecular complexity index is 1330. The lowest BCUT2D eigenvalue weighted by Gasteiger charge is -2.21. The van der Waals surface area contributed by atoms with E-state index in [2.05, 4.69) is 20.1 Å². The molecule has 162 valence electrons. The zero-order valence-electron chi connectivity index (χ0n) is 17.0. The summed E-state index contributed by atoms with van der Waals surface area (Å²) in [7, 11) is -0.305. The highest BCUT2D eigenvalue weighted by atomic mass is 32.2. The van der Waals surface area contributed by atoms with Crippen molar-refractivity contribution in [2.75, 3.05) is 12.8 Å². The zero-order valence-corrected chi connectivity index (χ0v) is 17.8. The van der Waals surface area contributed by atoms with Crippen LogP contribution in [0.15, 0.2) is 33.9 Å². The third-order valence-corrected chi connectivity index (χ3v) is 6.54. The number of nitrogen functional groups attached to an aromatic ring is 1. The number of ether oxygens (including phenoxy) is 1. The Labute approximate surface area is 177 Å². The number of halogens is 2. The number of nitrogens with zero attached hydrogens (tertiary/aromatic N) is 5. The number of aromatic nitrogens is 5. The Morgan fingerprint density at radius 3 is 2.65 bits per heavy atom. The summed E-state index contributed by atoms with van der Waals surface area (Å²) in [6, 6.07) is 2.48. The van der Waals surface area contributed by atoms with Gasteiger partial charge in [0.1, 0.15) is 16.1 Å². The number of nitrogens with two attached hydrogens (primary N) is 1. The topological polar surface area (TPSA) is 121 Å². The first-order valence-corrected chi connectivity index (χ1v) is 10.2. The minimum Gasteiger partial charge on any atom is -0.495 e. The molecule has 0 aromatic carbocycles. The zero-order chi connectivity index (χ0) is 22.5. The Kier molecular flexibility index (Phi) is 4.96. The largest absolute Gasteiger partial charge is 0.495 e. The second-order valence-corrected chi connectivity index (χ2v) is 9.20. The fourth-order valence-corrected chi connectivity index (χ4v) is 4.36. The van der Waals surface area contributed by atoms with Gasteiger partial charge in [-0.1, -0.05) is 5.16 Å². The summed E-state index contributed by atoms with van der Waals surface area (Å²) in [5, 5.41) is 3.76. The first-order chi connectivity index (χ1) is 14.6. The Hall–Kier alpha value is -3.41. The average Bonchev–Trinajstić information content (AvgIpc) is 3.35. The standard InChI is InChI=1S/C19H18F2N6O3S/c1-9-24-18(30-26-9)19(2,3)31(28)14-8-27-12(7-23-15(27)6-13(14)29-4)10-5-11(20)17(22)25-16(10)21/h5-8H,1-4H3,(H2,22,25). The van der Waals surface area contributed by atoms with Gasteiger partial charge in [-0.15, -0.1) is 0 Å². The van der Waals surface area contributed by atoms with Crippen LogP contribution in [0.2, 0.25) is 0 Å². The molecule has 0 radical (unpaired) electrons. The fourth-order valence-electron chi connectivity index (χ4n) is 3.04. The van der Waals surface area contributed by atoms with Gasteiger partial charge in [0.25, 0.3) is 0 Å². The van der Waals surface area contributed by atoms with Crippen LogP contribution >= 0.6 is 0 Å². The monoisotopic (exact) mass is 448 g/mol. The molecule has 4 rings (SSSR count). The number of hydrogen-bond donors (Lipinski definition) is 1. The molecule has 0 saturated carbocycles. The second kappa shape index (κ2) is 7.38. The van der Waals surface area contributed by atoms with Crippen molar-refractivity contribution >= 4 is 22.3 Å². The third kappa shape index (κ3) is 3.42. The molecule has 0 spiro atoms. The summed E-state index contributed by atoms with van der Waals surface area (Å²) in [5.41, 5.74) is 5.76. The average molecular weight is 448 g/mol. The lowest BCUT2D eigenvalue weighted by molar-refractivity contribution is 0.348. The van der Waals surface area contributed by atoms with E-state index in [1.54, 1.807) is 26.8 Å². The number of methoxy groups -OCH3 is 1. The van der Waals surface area contributed by atoms with Crippen LogP contribution in [0.5, 0.6) is 5.75 Å². The lowest BCUT2D eigenvalue weighted by atomic mass is 10.2. The molecule has 12 heteroatoms. The van der Waals surface area contributed by atoms with Crippen molar-refractivity contribution in [3.63, 3.8) is 0 Å². The van der Waals surface area contributed by atoms with Gasteiger partial charge >= 0.3 is 0 Å². The molecule has 0 aliphatic rings. The van der Waals surface area contributed by atoms with Crippen LogP contribution in [0.3, 0.4) is 0 Å². The van der Waals surface area contributed by atoms with Crippen LogP contribution in [0.25, 0.3) is 16.9 Å². The molecule has 0 aliphatic heterocycles. The van der Waals surface area contributed by atoms with Crippen molar-refractivity contribution in [1.29, 1.82) is 0 Å². The molecule has 9 nitrogen and oxygen atoms in total. The van der Waals surface area contributed by atoms with Gasteiger partial charge in [-0.3, -0.25) is 8.61 Å². The maximum Gasteiger partial charge on any atom is 0.245 e. The van der Waals surface area contributed by atoms with Crippen molar-refractivity contribution < 1.29 is 22.2 Å². The molecule has 4 aromatic rings. The van der Waals surface area contributed by atoms with Crippen molar-refractivity contribution in [2.45, 2.75) is 30.4 Å². The number of fused-ring (bicyclic) bond motifs is 1. The third-order valence-electron chi connectivity index (χ3n) is 4.73. The van der Waals surface area contributed by atoms with Gasteiger partial charge in [-0.25, -0.2) is 9.37 Å². The van der Waals surface area contributed by atoms with Crippen LogP contribution in [0.1, 0.15) is 25.6 Å². The predicted octanol–water partition coefficient (Wildman–Crippen LogP) is 3.00. The van der Waals surface area contributed by atoms with Crippen molar-refractivity contribution in [2.24, 2.45) is 0 Å². The normalized spacial score (nSPS) is 13.0. The summed E-state index contributed by atoms with van der Waals surface area (Å²) in [6.07, 6.45) is 2.84. The van der Waals surface area contributed by atoms with Crippen LogP contribution in [-0.2, 0) is 15.5 Å². The van der Waals surface area contributed by atoms with E-state index < -0.39 is 33.1 Å². The maximum atomic E-state index is 14.4. The van der Waals surface area contributed by atoms with Gasteiger partial charge in [-0.2, -0.15) is 14.4 Å². The van der Waals surface area contributed by atoms with Crippen molar-refractivity contribution in [3.8, 4) is 17.0 Å². The van der Waals surface area contributed by atoms with E-state index in [1.165, 1.54) is 23.9 Å². The van der Waals surface area contributed by atoms with Crippen LogP contribution in [-0.4, -0.2) is 35.8 Å². The number of pyridine rings is 2. The van der Waals surface area contributed by atoms with Gasteiger partial charge in [0.2, 0.25) is 11.8 Å². The van der Waals surface area contributed by atoms with E-state index in [1.807, 2.05) is 0 Å². The molecule has 1 unspecified atom stereocenters. The molecular weight excluding hydrogens is 430 g/mol. The van der Waals surface area contributed by atoms with Gasteiger partial charge in [0, 0.05) is 12.3 Å². The van der Waals surface area contributed by atoms with E-state index >= 15 is 0 Å². The summed E-state index contributed by atoms with van der Waals surface area (Å²) in [6.45, 7) is 5.03. The number of anilines is 1. The first kappa shape index (κ1) is 20.8. The Morgan fingerprint density at radius 1 is 1.26 bits per heavy atom. The van der Waals surface area contributed by atoms with Gasteiger partial charge in [0.15, 0.2) is 17.5 Å². The predicted molar refractivity (Wildman–Crippen MR) is 108 cm³/mol. The number of hydrogen-bond acceptors (Lipinski definition) is 8. The molecule has 4 aromatic heterocycles. The number of rotatable bonds is 5. The smallest absolute Gasteiger partial charge is 0.245 e. The van der Waals surface area contributed by atoms with Crippen LogP contribution in [0.4, 0.5) is 14.6 Å². The molecule has 31 heavy (non-hydrogen) atoms. The Balaban J connectivity index is 1.90. The molecule has 0 fully saturated rings. The second-order valence-electron chi connectivity index (χ2n) is 7.20. The minimum atomic E-state index is -1.73. The number of aryl methyl sites for hydroxylation is 1. The molecule has 0 amide bonds. The quantitative estimate of drug-likeness (QED) is 0.463. The van der Waals surface area contributed by atoms with E-state index in [9.17, 15) is 13.0 Å². The van der Waals surface area contributed by atoms with Gasteiger partial charge in [-0.05, 0) is 26.8 Å². The summed E-state index contributed by atoms with van der Waals surface area (Å²) in [4.78, 5) is 12.1. The van der Waals surface area contributed by atoms with Gasteiger partial charge in [0.05, 0.1) is 40.3 Å². The first-order valence-electron chi connectivity index (χ1n) is 9.03. The summed E-state index contributed by atoms with van der Waals surface area (Å²) in [5.74, 6) is -1.47. The number of imidazole rings is 1. The molecule has 4 heterocycles. The Morgan fingerprint density at radius 2 is 2.00 bits per heavy atom. The van der Waals surface area contributed by atoms with Crippen LogP contribution < -0.4 is 10.5 Å². The van der Waals surface area contributed by atoms with Crippen molar-refractivity contribution in [3.05, 3.63) is 48.0 Å². The lowest BCUT2D eigenvalue weighted by Crippen LogP contribution is -2.25. The molecular formula is C19H18F2N6O3S. The summed E-state index contributed by atoms with van der Waals surface area (Å²) >= 11 is 0. The summed E-state index contributed by atoms with van der Waals surface area (Å²) < 4.78 is 53.0. The fraction of sp³-hybridized carbons (Fsp3) is 0.263. The van der Waals surface area contributed by atoms with E-state index in [4.69, 9.17) is 15.0 Å². The highest BCUT2D eigenvalue weighted by Crippen LogP contribution is 2.36. The van der Waals surface area contributed by atoms with Crippen LogP contribution in [0, 0.1) is 18.7 Å². The minimum absolute atomic E-state index is 0.145. The highest BCUT2D eigenvalue weighted by Gasteiger charge is 2.37. The highest BCUT2D eigenvalue weighted by molar-refractivity contribution is 7.86. The van der Waals surface area contributed by atoms with E-state index in [0.29, 0.717) is 17.2 Å². The molecule has 0 saturated heterocycles. The molecule has 0 aliphatic carbocycles. The molecule has 2 N–H and O–H groups in total. The van der Waals surface area contributed by atoms with Gasteiger partial charge < -0.3 is 15.0 Å². The maximum absolute atomic E-state index is 14.4. The van der Waals surface area contributed by atoms with Crippen molar-refractivity contribution in [1.82, 2.24) is 24.5 Å². The van der Waals surface area contributed by atoms with E-state index in [-0.39, 0.29) is 22.0 Å². The molecule has 0 bridgehead atoms. The SMILES string of the molecule is COc1cc2ncc(-c3cc(F)c(N)nc3F)n2cc1S(=O)C(C)(C)c1nc(C)no1. The van der Waals surface area contributed by atoms with E-state index in [0.717, 1.165) is 6.07 Å².